The van der Waals surface area contributed by atoms with Crippen LogP contribution in [0.1, 0.15) is 21.5 Å². The summed E-state index contributed by atoms with van der Waals surface area (Å²) in [4.78, 5) is 12.7. The minimum Gasteiger partial charge on any atom is -0.497 e. The zero-order valence-electron chi connectivity index (χ0n) is 23.1. The fourth-order valence-corrected chi connectivity index (χ4v) is 6.62. The number of sulfonamides is 2. The van der Waals surface area contributed by atoms with Gasteiger partial charge in [-0.3, -0.25) is 14.2 Å². The lowest BCUT2D eigenvalue weighted by atomic mass is 10.1. The molecule has 0 aliphatic rings. The van der Waals surface area contributed by atoms with E-state index < -0.39 is 26.0 Å². The van der Waals surface area contributed by atoms with Crippen molar-refractivity contribution in [1.29, 1.82) is 0 Å². The number of amides is 1. The summed E-state index contributed by atoms with van der Waals surface area (Å²) in [6.45, 7) is 3.61. The summed E-state index contributed by atoms with van der Waals surface area (Å²) in [7, 11) is -5.22. The number of carbonyl (C=O) groups excluding carboxylic acids is 1. The predicted molar refractivity (Wildman–Crippen MR) is 163 cm³/mol. The van der Waals surface area contributed by atoms with Crippen molar-refractivity contribution in [3.63, 3.8) is 0 Å². The maximum Gasteiger partial charge on any atom is 0.263 e. The molecule has 42 heavy (non-hydrogen) atoms. The number of nitrogens with one attached hydrogen (secondary N) is 3. The molecule has 0 radical (unpaired) electrons. The van der Waals surface area contributed by atoms with E-state index in [1.807, 2.05) is 13.0 Å². The van der Waals surface area contributed by atoms with Crippen molar-refractivity contribution >= 4 is 54.6 Å². The van der Waals surface area contributed by atoms with Crippen LogP contribution in [0.4, 0.5) is 17.1 Å². The fourth-order valence-electron chi connectivity index (χ4n) is 3.90. The van der Waals surface area contributed by atoms with E-state index in [1.54, 1.807) is 31.2 Å². The van der Waals surface area contributed by atoms with Crippen LogP contribution in [0.3, 0.4) is 0 Å². The van der Waals surface area contributed by atoms with Crippen LogP contribution < -0.4 is 24.2 Å². The Labute approximate surface area is 249 Å². The topological polar surface area (TPSA) is 140 Å². The minimum absolute atomic E-state index is 0.0331. The van der Waals surface area contributed by atoms with Gasteiger partial charge in [0.25, 0.3) is 26.0 Å². The van der Waals surface area contributed by atoms with Crippen LogP contribution in [0.2, 0.25) is 5.02 Å². The van der Waals surface area contributed by atoms with Crippen LogP contribution in [-0.4, -0.2) is 37.0 Å². The number of carbonyl (C=O) groups is 1. The molecule has 0 saturated heterocycles. The largest absolute Gasteiger partial charge is 0.497 e. The molecule has 10 nitrogen and oxygen atoms in total. The van der Waals surface area contributed by atoms with Crippen LogP contribution in [-0.2, 0) is 20.0 Å². The highest BCUT2D eigenvalue weighted by Crippen LogP contribution is 2.31. The Hall–Kier alpha value is -4.26. The SMILES string of the molecule is COc1ccc(NS(=O)(=O)c2ccc(NC(=O)c3ccc(Cl)c(S(=O)(=O)Nc4cc(C)ccc4C)c3)cc2)c(OC)c1. The number of hydrogen-bond acceptors (Lipinski definition) is 7. The fraction of sp³-hybridized carbons (Fsp3) is 0.138. The van der Waals surface area contributed by atoms with Crippen LogP contribution in [0, 0.1) is 13.8 Å². The maximum absolute atomic E-state index is 13.1. The molecule has 220 valence electrons. The smallest absolute Gasteiger partial charge is 0.263 e. The molecule has 4 aromatic rings. The molecular formula is C29H28ClN3O7S2. The summed E-state index contributed by atoms with van der Waals surface area (Å²) in [6, 6.07) is 19.4. The number of benzene rings is 4. The third-order valence-corrected chi connectivity index (χ3v) is 9.42. The highest BCUT2D eigenvalue weighted by molar-refractivity contribution is 7.93. The molecule has 0 aliphatic heterocycles. The molecule has 0 saturated carbocycles. The van der Waals surface area contributed by atoms with E-state index in [0.717, 1.165) is 11.1 Å². The molecule has 0 spiro atoms. The third kappa shape index (κ3) is 6.96. The Morgan fingerprint density at radius 2 is 1.43 bits per heavy atom. The molecule has 0 aliphatic carbocycles. The number of aryl methyl sites for hydroxylation is 2. The first-order valence-corrected chi connectivity index (χ1v) is 15.7. The van der Waals surface area contributed by atoms with E-state index in [0.29, 0.717) is 11.4 Å². The van der Waals surface area contributed by atoms with Gasteiger partial charge in [0, 0.05) is 17.3 Å². The van der Waals surface area contributed by atoms with E-state index in [1.165, 1.54) is 62.8 Å². The molecule has 13 heteroatoms. The molecular weight excluding hydrogens is 602 g/mol. The average molecular weight is 630 g/mol. The zero-order chi connectivity index (χ0) is 30.7. The second kappa shape index (κ2) is 12.3. The number of rotatable bonds is 10. The third-order valence-electron chi connectivity index (χ3n) is 6.20. The summed E-state index contributed by atoms with van der Waals surface area (Å²) in [5, 5.41) is 2.58. The quantitative estimate of drug-likeness (QED) is 0.201. The molecule has 3 N–H and O–H groups in total. The Morgan fingerprint density at radius 3 is 2.10 bits per heavy atom. The number of methoxy groups -OCH3 is 2. The van der Waals surface area contributed by atoms with Crippen molar-refractivity contribution < 1.29 is 31.1 Å². The van der Waals surface area contributed by atoms with Crippen molar-refractivity contribution in [3.8, 4) is 11.5 Å². The standard InChI is InChI=1S/C29H28ClN3O7S2/c1-18-5-6-19(2)26(15-18)33-42(37,38)28-16-20(7-13-24(28)30)29(34)31-21-8-11-23(12-9-21)41(35,36)32-25-14-10-22(39-3)17-27(25)40-4/h5-17,32-33H,1-4H3,(H,31,34). The van der Waals surface area contributed by atoms with Gasteiger partial charge < -0.3 is 14.8 Å². The molecule has 0 bridgehead atoms. The van der Waals surface area contributed by atoms with E-state index in [4.69, 9.17) is 21.1 Å². The summed E-state index contributed by atoms with van der Waals surface area (Å²) in [5.41, 5.74) is 2.53. The molecule has 4 rings (SSSR count). The van der Waals surface area contributed by atoms with E-state index in [-0.39, 0.29) is 37.5 Å². The van der Waals surface area contributed by atoms with E-state index in [9.17, 15) is 21.6 Å². The van der Waals surface area contributed by atoms with Gasteiger partial charge in [-0.15, -0.1) is 0 Å². The molecule has 1 amide bonds. The van der Waals surface area contributed by atoms with Gasteiger partial charge in [0.2, 0.25) is 0 Å². The van der Waals surface area contributed by atoms with Gasteiger partial charge in [0.05, 0.1) is 35.5 Å². The van der Waals surface area contributed by atoms with Crippen molar-refractivity contribution in [3.05, 3.63) is 101 Å². The van der Waals surface area contributed by atoms with Crippen molar-refractivity contribution in [2.45, 2.75) is 23.6 Å². The maximum atomic E-state index is 13.1. The van der Waals surface area contributed by atoms with Gasteiger partial charge >= 0.3 is 0 Å². The average Bonchev–Trinajstić information content (AvgIpc) is 2.95. The number of ether oxygens (including phenoxy) is 2. The van der Waals surface area contributed by atoms with Crippen LogP contribution in [0.25, 0.3) is 0 Å². The van der Waals surface area contributed by atoms with Crippen LogP contribution in [0.15, 0.2) is 88.7 Å². The number of anilines is 3. The molecule has 4 aromatic carbocycles. The first-order chi connectivity index (χ1) is 19.8. The van der Waals surface area contributed by atoms with Crippen LogP contribution >= 0.6 is 11.6 Å². The lowest BCUT2D eigenvalue weighted by Gasteiger charge is -2.14. The first kappa shape index (κ1) is 30.7. The van der Waals surface area contributed by atoms with Crippen molar-refractivity contribution in [1.82, 2.24) is 0 Å². The van der Waals surface area contributed by atoms with E-state index >= 15 is 0 Å². The highest BCUT2D eigenvalue weighted by atomic mass is 35.5. The second-order valence-corrected chi connectivity index (χ2v) is 13.0. The van der Waals surface area contributed by atoms with Gasteiger partial charge in [0.15, 0.2) is 0 Å². The lowest BCUT2D eigenvalue weighted by molar-refractivity contribution is 0.102. The van der Waals surface area contributed by atoms with Gasteiger partial charge in [-0.1, -0.05) is 23.7 Å². The van der Waals surface area contributed by atoms with Gasteiger partial charge in [-0.25, -0.2) is 16.8 Å². The normalized spacial score (nSPS) is 11.5. The van der Waals surface area contributed by atoms with Crippen LogP contribution in [0.5, 0.6) is 11.5 Å². The molecule has 0 atom stereocenters. The highest BCUT2D eigenvalue weighted by Gasteiger charge is 2.22. The lowest BCUT2D eigenvalue weighted by Crippen LogP contribution is -2.17. The minimum atomic E-state index is -4.12. The van der Waals surface area contributed by atoms with Crippen molar-refractivity contribution in [2.75, 3.05) is 29.0 Å². The van der Waals surface area contributed by atoms with E-state index in [2.05, 4.69) is 14.8 Å². The molecule has 0 heterocycles. The Kier molecular flexibility index (Phi) is 9.00. The first-order valence-electron chi connectivity index (χ1n) is 12.4. The second-order valence-electron chi connectivity index (χ2n) is 9.22. The Morgan fingerprint density at radius 1 is 0.738 bits per heavy atom. The summed E-state index contributed by atoms with van der Waals surface area (Å²) < 4.78 is 67.6. The Bertz CT molecular complexity index is 1860. The van der Waals surface area contributed by atoms with Gasteiger partial charge in [-0.05, 0) is 85.6 Å². The van der Waals surface area contributed by atoms with Gasteiger partial charge in [0.1, 0.15) is 16.4 Å². The predicted octanol–water partition coefficient (Wildman–Crippen LogP) is 5.83. The monoisotopic (exact) mass is 629 g/mol. The zero-order valence-corrected chi connectivity index (χ0v) is 25.4. The summed E-state index contributed by atoms with van der Waals surface area (Å²) in [5.74, 6) is 0.153. The van der Waals surface area contributed by atoms with Gasteiger partial charge in [-0.2, -0.15) is 0 Å². The number of hydrogen-bond donors (Lipinski definition) is 3. The number of halogens is 1. The Balaban J connectivity index is 1.51. The molecule has 0 fully saturated rings. The summed E-state index contributed by atoms with van der Waals surface area (Å²) >= 11 is 6.21. The molecule has 0 unspecified atom stereocenters. The molecule has 0 aromatic heterocycles. The summed E-state index contributed by atoms with van der Waals surface area (Å²) in [6.07, 6.45) is 0. The van der Waals surface area contributed by atoms with Crippen molar-refractivity contribution in [2.24, 2.45) is 0 Å².